The fourth-order valence-electron chi connectivity index (χ4n) is 0.753. The lowest BCUT2D eigenvalue weighted by Gasteiger charge is -2.03. The fraction of sp³-hybridized carbons (Fsp3) is 0.429. The topological polar surface area (TPSA) is 20.2 Å². The van der Waals surface area contributed by atoms with Crippen LogP contribution in [0, 0.1) is 0 Å². The van der Waals surface area contributed by atoms with Gasteiger partial charge in [0.1, 0.15) is 0 Å². The highest BCUT2D eigenvalue weighted by Crippen LogP contribution is 2.28. The Bertz CT molecular complexity index is 224. The zero-order chi connectivity index (χ0) is 8.27. The van der Waals surface area contributed by atoms with Crippen LogP contribution in [0.25, 0.3) is 0 Å². The van der Waals surface area contributed by atoms with Crippen molar-refractivity contribution >= 4 is 34.5 Å². The molecule has 0 aromatic carbocycles. The van der Waals surface area contributed by atoms with Crippen molar-refractivity contribution in [3.8, 4) is 0 Å². The Morgan fingerprint density at radius 1 is 1.55 bits per heavy atom. The summed E-state index contributed by atoms with van der Waals surface area (Å²) in [5.74, 6) is 0.469. The molecule has 0 saturated heterocycles. The van der Waals surface area contributed by atoms with Gasteiger partial charge in [0.25, 0.3) is 0 Å². The molecule has 0 fully saturated rings. The summed E-state index contributed by atoms with van der Waals surface area (Å²) in [6.45, 7) is 0. The number of thiophene rings is 1. The molecule has 0 amide bonds. The predicted molar refractivity (Wildman–Crippen MR) is 49.6 cm³/mol. The van der Waals surface area contributed by atoms with E-state index in [9.17, 15) is 5.11 Å². The summed E-state index contributed by atoms with van der Waals surface area (Å²) in [7, 11) is 0. The van der Waals surface area contributed by atoms with Gasteiger partial charge in [0.05, 0.1) is 10.4 Å². The van der Waals surface area contributed by atoms with Crippen molar-refractivity contribution in [2.75, 3.05) is 5.88 Å². The number of alkyl halides is 1. The first-order valence-electron chi connectivity index (χ1n) is 3.23. The van der Waals surface area contributed by atoms with Crippen LogP contribution in [0.3, 0.4) is 0 Å². The van der Waals surface area contributed by atoms with Gasteiger partial charge in [-0.25, -0.2) is 0 Å². The van der Waals surface area contributed by atoms with Gasteiger partial charge in [-0.2, -0.15) is 0 Å². The first-order valence-corrected chi connectivity index (χ1v) is 4.96. The van der Waals surface area contributed by atoms with Gasteiger partial charge in [-0.15, -0.1) is 22.9 Å². The van der Waals surface area contributed by atoms with E-state index in [0.29, 0.717) is 16.6 Å². The molecule has 62 valence electrons. The van der Waals surface area contributed by atoms with E-state index in [4.69, 9.17) is 23.2 Å². The number of hydrogen-bond acceptors (Lipinski definition) is 2. The van der Waals surface area contributed by atoms with E-state index in [1.807, 2.05) is 6.07 Å². The van der Waals surface area contributed by atoms with Crippen LogP contribution in [0.15, 0.2) is 12.1 Å². The minimum Gasteiger partial charge on any atom is -0.388 e. The second-order valence-corrected chi connectivity index (χ2v) is 4.26. The molecular weight excluding hydrogens is 203 g/mol. The normalized spacial score (nSPS) is 13.4. The van der Waals surface area contributed by atoms with Crippen LogP contribution in [-0.4, -0.2) is 11.0 Å². The van der Waals surface area contributed by atoms with Gasteiger partial charge < -0.3 is 5.11 Å². The smallest absolute Gasteiger partial charge is 0.0932 e. The van der Waals surface area contributed by atoms with Crippen molar-refractivity contribution in [3.05, 3.63) is 21.3 Å². The second kappa shape index (κ2) is 4.31. The Balaban J connectivity index is 2.60. The number of aliphatic hydroxyl groups excluding tert-OH is 1. The van der Waals surface area contributed by atoms with Crippen LogP contribution in [0.1, 0.15) is 17.4 Å². The van der Waals surface area contributed by atoms with Crippen molar-refractivity contribution in [2.24, 2.45) is 0 Å². The summed E-state index contributed by atoms with van der Waals surface area (Å²) >= 11 is 12.5. The van der Waals surface area contributed by atoms with Gasteiger partial charge in [-0.05, 0) is 18.6 Å². The molecule has 1 aromatic heterocycles. The van der Waals surface area contributed by atoms with Crippen molar-refractivity contribution in [1.82, 2.24) is 0 Å². The summed E-state index contributed by atoms with van der Waals surface area (Å²) in [6.07, 6.45) is 0.128. The lowest BCUT2D eigenvalue weighted by Crippen LogP contribution is -1.93. The molecule has 1 aromatic rings. The molecule has 1 nitrogen and oxygen atoms in total. The van der Waals surface area contributed by atoms with Crippen LogP contribution in [0.4, 0.5) is 0 Å². The molecule has 1 unspecified atom stereocenters. The zero-order valence-corrected chi connectivity index (χ0v) is 8.09. The second-order valence-electron chi connectivity index (χ2n) is 2.14. The van der Waals surface area contributed by atoms with Crippen molar-refractivity contribution in [3.63, 3.8) is 0 Å². The molecule has 1 heterocycles. The summed E-state index contributed by atoms with van der Waals surface area (Å²) in [5.41, 5.74) is 0. The quantitative estimate of drug-likeness (QED) is 0.761. The van der Waals surface area contributed by atoms with Crippen LogP contribution < -0.4 is 0 Å². The molecule has 0 spiro atoms. The van der Waals surface area contributed by atoms with Gasteiger partial charge in [-0.3, -0.25) is 0 Å². The van der Waals surface area contributed by atoms with Gasteiger partial charge in [0, 0.05) is 10.8 Å². The molecule has 4 heteroatoms. The Kier molecular flexibility index (Phi) is 3.66. The van der Waals surface area contributed by atoms with Gasteiger partial charge in [0.15, 0.2) is 0 Å². The number of rotatable bonds is 3. The predicted octanol–water partition coefficient (Wildman–Crippen LogP) is 3.06. The molecule has 0 saturated carbocycles. The van der Waals surface area contributed by atoms with E-state index in [-0.39, 0.29) is 0 Å². The van der Waals surface area contributed by atoms with E-state index in [1.54, 1.807) is 6.07 Å². The third-order valence-electron chi connectivity index (χ3n) is 1.30. The first-order chi connectivity index (χ1) is 5.24. The molecule has 0 radical (unpaired) electrons. The van der Waals surface area contributed by atoms with Crippen molar-refractivity contribution in [2.45, 2.75) is 12.5 Å². The summed E-state index contributed by atoms with van der Waals surface area (Å²) in [4.78, 5) is 0.885. The van der Waals surface area contributed by atoms with Crippen LogP contribution in [0.2, 0.25) is 4.34 Å². The highest BCUT2D eigenvalue weighted by atomic mass is 35.5. The molecule has 11 heavy (non-hydrogen) atoms. The fourth-order valence-corrected chi connectivity index (χ4v) is 2.04. The summed E-state index contributed by atoms with van der Waals surface area (Å²) < 4.78 is 0.702. The summed E-state index contributed by atoms with van der Waals surface area (Å²) in [6, 6.07) is 3.60. The Hall–Kier alpha value is 0.240. The number of hydrogen-bond donors (Lipinski definition) is 1. The van der Waals surface area contributed by atoms with Gasteiger partial charge in [-0.1, -0.05) is 11.6 Å². The number of halogens is 2. The van der Waals surface area contributed by atoms with Crippen molar-refractivity contribution < 1.29 is 5.11 Å². The van der Waals surface area contributed by atoms with Gasteiger partial charge >= 0.3 is 0 Å². The lowest BCUT2D eigenvalue weighted by molar-refractivity contribution is 0.178. The Morgan fingerprint density at radius 3 is 2.73 bits per heavy atom. The lowest BCUT2D eigenvalue weighted by atomic mass is 10.2. The SMILES string of the molecule is OC(CCCl)c1ccc(Cl)s1. The Labute approximate surface area is 79.6 Å². The molecular formula is C7H8Cl2OS. The Morgan fingerprint density at radius 2 is 2.27 bits per heavy atom. The minimum atomic E-state index is -0.454. The highest BCUT2D eigenvalue weighted by molar-refractivity contribution is 7.16. The van der Waals surface area contributed by atoms with E-state index in [0.717, 1.165) is 4.88 Å². The molecule has 0 aliphatic carbocycles. The molecule has 1 rings (SSSR count). The third-order valence-corrected chi connectivity index (χ3v) is 2.86. The van der Waals surface area contributed by atoms with Crippen LogP contribution >= 0.6 is 34.5 Å². The first kappa shape index (κ1) is 9.33. The molecule has 1 atom stereocenters. The average molecular weight is 211 g/mol. The van der Waals surface area contributed by atoms with E-state index >= 15 is 0 Å². The largest absolute Gasteiger partial charge is 0.388 e. The van der Waals surface area contributed by atoms with E-state index in [1.165, 1.54) is 11.3 Å². The maximum absolute atomic E-state index is 9.40. The zero-order valence-electron chi connectivity index (χ0n) is 5.76. The van der Waals surface area contributed by atoms with Crippen LogP contribution in [-0.2, 0) is 0 Å². The minimum absolute atomic E-state index is 0.454. The average Bonchev–Trinajstić information content (AvgIpc) is 2.36. The molecule has 0 bridgehead atoms. The highest BCUT2D eigenvalue weighted by Gasteiger charge is 2.08. The monoisotopic (exact) mass is 210 g/mol. The van der Waals surface area contributed by atoms with Gasteiger partial charge in [0.2, 0.25) is 0 Å². The van der Waals surface area contributed by atoms with E-state index in [2.05, 4.69) is 0 Å². The van der Waals surface area contributed by atoms with Crippen LogP contribution in [0.5, 0.6) is 0 Å². The molecule has 0 aliphatic heterocycles. The summed E-state index contributed by atoms with van der Waals surface area (Å²) in [5, 5.41) is 9.40. The standard InChI is InChI=1S/C7H8Cl2OS/c8-4-3-5(10)6-1-2-7(9)11-6/h1-2,5,10H,3-4H2. The number of aliphatic hydroxyl groups is 1. The van der Waals surface area contributed by atoms with Crippen molar-refractivity contribution in [1.29, 1.82) is 0 Å². The van der Waals surface area contributed by atoms with E-state index < -0.39 is 6.10 Å². The maximum Gasteiger partial charge on any atom is 0.0932 e. The molecule has 0 aliphatic rings. The molecule has 1 N–H and O–H groups in total. The third kappa shape index (κ3) is 2.64. The maximum atomic E-state index is 9.40.